The summed E-state index contributed by atoms with van der Waals surface area (Å²) in [6.45, 7) is 6.56. The van der Waals surface area contributed by atoms with E-state index in [0.29, 0.717) is 10.9 Å². The monoisotopic (exact) mass is 326 g/mol. The Hall–Kier alpha value is -1.26. The fourth-order valence-corrected chi connectivity index (χ4v) is 2.30. The van der Waals surface area contributed by atoms with Crippen molar-refractivity contribution in [1.82, 2.24) is 10.6 Å². The first kappa shape index (κ1) is 18.8. The van der Waals surface area contributed by atoms with Gasteiger partial charge in [0.2, 0.25) is 0 Å². The van der Waals surface area contributed by atoms with Crippen LogP contribution < -0.4 is 10.6 Å². The Bertz CT molecular complexity index is 448. The summed E-state index contributed by atoms with van der Waals surface area (Å²) in [4.78, 5) is 11.8. The maximum absolute atomic E-state index is 11.8. The van der Waals surface area contributed by atoms with Gasteiger partial charge in [-0.05, 0) is 37.0 Å². The Balaban J connectivity index is 2.25. The molecule has 124 valence electrons. The smallest absolute Gasteiger partial charge is 0.315 e. The number of hydrogen-bond donors (Lipinski definition) is 3. The average Bonchev–Trinajstić information content (AvgIpc) is 2.45. The van der Waals surface area contributed by atoms with Crippen molar-refractivity contribution >= 4 is 17.6 Å². The van der Waals surface area contributed by atoms with Crippen molar-refractivity contribution in [1.29, 1.82) is 0 Å². The molecule has 2 amide bonds. The highest BCUT2D eigenvalue weighted by molar-refractivity contribution is 6.30. The molecule has 0 aliphatic carbocycles. The lowest BCUT2D eigenvalue weighted by Gasteiger charge is -2.17. The van der Waals surface area contributed by atoms with E-state index in [9.17, 15) is 9.90 Å². The molecule has 3 N–H and O–H groups in total. The van der Waals surface area contributed by atoms with E-state index in [2.05, 4.69) is 24.5 Å². The molecular formula is C17H27ClN2O2. The van der Waals surface area contributed by atoms with Crippen molar-refractivity contribution in [3.05, 3.63) is 34.9 Å². The lowest BCUT2D eigenvalue weighted by molar-refractivity contribution is 0.172. The highest BCUT2D eigenvalue weighted by Gasteiger charge is 2.11. The largest absolute Gasteiger partial charge is 0.387 e. The number of aliphatic hydroxyl groups is 1. The number of nitrogens with one attached hydrogen (secondary N) is 2. The Morgan fingerprint density at radius 3 is 2.41 bits per heavy atom. The summed E-state index contributed by atoms with van der Waals surface area (Å²) in [6.07, 6.45) is 2.50. The van der Waals surface area contributed by atoms with Crippen molar-refractivity contribution in [3.63, 3.8) is 0 Å². The lowest BCUT2D eigenvalue weighted by Crippen LogP contribution is -2.42. The van der Waals surface area contributed by atoms with Gasteiger partial charge in [0.1, 0.15) is 0 Å². The van der Waals surface area contributed by atoms with E-state index in [4.69, 9.17) is 11.6 Å². The van der Waals surface area contributed by atoms with Gasteiger partial charge in [0, 0.05) is 17.6 Å². The number of amides is 2. The Morgan fingerprint density at radius 1 is 1.18 bits per heavy atom. The number of halogens is 1. The third-order valence-electron chi connectivity index (χ3n) is 3.51. The van der Waals surface area contributed by atoms with Crippen LogP contribution in [0.5, 0.6) is 0 Å². The van der Waals surface area contributed by atoms with E-state index >= 15 is 0 Å². The standard InChI is InChI=1S/C17H27ClN2O2/c1-12(2)5-4-6-13(3)20-17(22)19-11-16(21)14-7-9-15(18)10-8-14/h7-10,12-13,16,21H,4-6,11H2,1-3H3,(H2,19,20,22). The van der Waals surface area contributed by atoms with Crippen molar-refractivity contribution < 1.29 is 9.90 Å². The number of aliphatic hydroxyl groups excluding tert-OH is 1. The molecule has 22 heavy (non-hydrogen) atoms. The van der Waals surface area contributed by atoms with Crippen molar-refractivity contribution in [2.24, 2.45) is 5.92 Å². The second kappa shape index (κ2) is 9.70. The van der Waals surface area contributed by atoms with Crippen molar-refractivity contribution in [2.75, 3.05) is 6.54 Å². The van der Waals surface area contributed by atoms with Crippen molar-refractivity contribution in [3.8, 4) is 0 Å². The summed E-state index contributed by atoms with van der Waals surface area (Å²) in [5.74, 6) is 0.690. The maximum atomic E-state index is 11.8. The van der Waals surface area contributed by atoms with Gasteiger partial charge in [-0.2, -0.15) is 0 Å². The molecule has 1 aromatic rings. The predicted molar refractivity (Wildman–Crippen MR) is 91.1 cm³/mol. The second-order valence-corrected chi connectivity index (χ2v) is 6.58. The second-order valence-electron chi connectivity index (χ2n) is 6.15. The summed E-state index contributed by atoms with van der Waals surface area (Å²) in [7, 11) is 0. The van der Waals surface area contributed by atoms with Gasteiger partial charge in [-0.15, -0.1) is 0 Å². The molecule has 1 aromatic carbocycles. The topological polar surface area (TPSA) is 61.4 Å². The third kappa shape index (κ3) is 7.66. The molecule has 0 heterocycles. The van der Waals surface area contributed by atoms with Crippen LogP contribution >= 0.6 is 11.6 Å². The quantitative estimate of drug-likeness (QED) is 0.678. The van der Waals surface area contributed by atoms with Gasteiger partial charge < -0.3 is 15.7 Å². The van der Waals surface area contributed by atoms with Gasteiger partial charge in [0.05, 0.1) is 6.10 Å². The van der Waals surface area contributed by atoms with Gasteiger partial charge >= 0.3 is 6.03 Å². The molecule has 0 saturated carbocycles. The van der Waals surface area contributed by atoms with Gasteiger partial charge in [-0.1, -0.05) is 50.4 Å². The van der Waals surface area contributed by atoms with Crippen molar-refractivity contribution in [2.45, 2.75) is 52.2 Å². The number of hydrogen-bond acceptors (Lipinski definition) is 2. The molecule has 4 nitrogen and oxygen atoms in total. The van der Waals surface area contributed by atoms with Crippen LogP contribution in [0, 0.1) is 5.92 Å². The molecule has 5 heteroatoms. The van der Waals surface area contributed by atoms with Crippen LogP contribution in [0.2, 0.25) is 5.02 Å². The fraction of sp³-hybridized carbons (Fsp3) is 0.588. The molecule has 0 fully saturated rings. The summed E-state index contributed by atoms with van der Waals surface area (Å²) in [5, 5.41) is 16.2. The zero-order chi connectivity index (χ0) is 16.5. The van der Waals surface area contributed by atoms with E-state index in [-0.39, 0.29) is 18.6 Å². The van der Waals surface area contributed by atoms with E-state index in [1.54, 1.807) is 24.3 Å². The molecule has 2 unspecified atom stereocenters. The molecule has 0 aromatic heterocycles. The Labute approximate surface area is 138 Å². The summed E-state index contributed by atoms with van der Waals surface area (Å²) < 4.78 is 0. The van der Waals surface area contributed by atoms with Crippen LogP contribution in [-0.2, 0) is 0 Å². The summed E-state index contributed by atoms with van der Waals surface area (Å²) in [5.41, 5.74) is 0.731. The molecule has 0 radical (unpaired) electrons. The molecule has 2 atom stereocenters. The number of carbonyl (C=O) groups excluding carboxylic acids is 1. The van der Waals surface area contributed by atoms with E-state index < -0.39 is 6.10 Å². The Morgan fingerprint density at radius 2 is 1.82 bits per heavy atom. The summed E-state index contributed by atoms with van der Waals surface area (Å²) >= 11 is 5.80. The molecule has 0 aliphatic heterocycles. The van der Waals surface area contributed by atoms with Crippen LogP contribution in [0.1, 0.15) is 51.7 Å². The molecule has 1 rings (SSSR count). The molecule has 0 bridgehead atoms. The van der Waals surface area contributed by atoms with Gasteiger partial charge in [0.25, 0.3) is 0 Å². The zero-order valence-electron chi connectivity index (χ0n) is 13.6. The third-order valence-corrected chi connectivity index (χ3v) is 3.76. The first-order valence-corrected chi connectivity index (χ1v) is 8.24. The fourth-order valence-electron chi connectivity index (χ4n) is 2.17. The molecule has 0 saturated heterocycles. The van der Waals surface area contributed by atoms with E-state index in [1.165, 1.54) is 6.42 Å². The number of carbonyl (C=O) groups is 1. The number of urea groups is 1. The van der Waals surface area contributed by atoms with Crippen LogP contribution in [0.15, 0.2) is 24.3 Å². The molecule has 0 spiro atoms. The minimum atomic E-state index is -0.737. The van der Waals surface area contributed by atoms with Crippen LogP contribution in [0.25, 0.3) is 0 Å². The number of benzene rings is 1. The minimum Gasteiger partial charge on any atom is -0.387 e. The van der Waals surface area contributed by atoms with Gasteiger partial charge in [0.15, 0.2) is 0 Å². The highest BCUT2D eigenvalue weighted by atomic mass is 35.5. The minimum absolute atomic E-state index is 0.131. The number of rotatable bonds is 8. The molecular weight excluding hydrogens is 300 g/mol. The SMILES string of the molecule is CC(C)CCCC(C)NC(=O)NCC(O)c1ccc(Cl)cc1. The average molecular weight is 327 g/mol. The van der Waals surface area contributed by atoms with E-state index in [1.807, 2.05) is 6.92 Å². The van der Waals surface area contributed by atoms with Crippen LogP contribution in [-0.4, -0.2) is 23.7 Å². The highest BCUT2D eigenvalue weighted by Crippen LogP contribution is 2.15. The predicted octanol–water partition coefficient (Wildman–Crippen LogP) is 3.89. The Kier molecular flexibility index (Phi) is 8.28. The maximum Gasteiger partial charge on any atom is 0.315 e. The normalized spacial score (nSPS) is 13.7. The van der Waals surface area contributed by atoms with Gasteiger partial charge in [-0.25, -0.2) is 4.79 Å². The zero-order valence-corrected chi connectivity index (χ0v) is 14.4. The van der Waals surface area contributed by atoms with Crippen LogP contribution in [0.4, 0.5) is 4.79 Å². The lowest BCUT2D eigenvalue weighted by atomic mass is 10.0. The van der Waals surface area contributed by atoms with Crippen LogP contribution in [0.3, 0.4) is 0 Å². The first-order chi connectivity index (χ1) is 10.4. The van der Waals surface area contributed by atoms with Gasteiger partial charge in [-0.3, -0.25) is 0 Å². The van der Waals surface area contributed by atoms with E-state index in [0.717, 1.165) is 18.4 Å². The first-order valence-electron chi connectivity index (χ1n) is 7.86. The molecule has 0 aliphatic rings. The summed E-state index contributed by atoms with van der Waals surface area (Å²) in [6, 6.07) is 6.83.